The van der Waals surface area contributed by atoms with Gasteiger partial charge in [0.25, 0.3) is 0 Å². The Bertz CT molecular complexity index is 941. The van der Waals surface area contributed by atoms with Crippen molar-refractivity contribution in [3.8, 4) is 0 Å². The van der Waals surface area contributed by atoms with Gasteiger partial charge >= 0.3 is 6.09 Å². The number of rotatable bonds is 8. The average molecular weight is 480 g/mol. The second-order valence-corrected chi connectivity index (χ2v) is 10.9. The fraction of sp³-hybridized carbons (Fsp3) is 0.517. The standard InChI is InChI=1S/C29H41N3O3/c1-21(2)26(23-14-10-7-11-15-23)20-32(19-22-12-8-6-9-13-22)27(33)24-16-25(18-30-17-24)31-28(34)35-29(3,4)5/h6-15,21,24-26,30H,16-20H2,1-5H3,(H,31,34). The summed E-state index contributed by atoms with van der Waals surface area (Å²) in [5, 5.41) is 6.28. The molecule has 0 aromatic heterocycles. The van der Waals surface area contributed by atoms with Gasteiger partial charge < -0.3 is 20.3 Å². The van der Waals surface area contributed by atoms with Gasteiger partial charge in [0.1, 0.15) is 5.60 Å². The molecule has 0 saturated carbocycles. The number of hydrogen-bond acceptors (Lipinski definition) is 4. The lowest BCUT2D eigenvalue weighted by Crippen LogP contribution is -2.53. The molecule has 2 aromatic rings. The van der Waals surface area contributed by atoms with Crippen LogP contribution in [0.15, 0.2) is 60.7 Å². The zero-order valence-electron chi connectivity index (χ0n) is 21.8. The van der Waals surface area contributed by atoms with Crippen molar-refractivity contribution < 1.29 is 14.3 Å². The van der Waals surface area contributed by atoms with Crippen molar-refractivity contribution in [1.82, 2.24) is 15.5 Å². The van der Waals surface area contributed by atoms with Gasteiger partial charge in [-0.05, 0) is 44.2 Å². The Morgan fingerprint density at radius 1 is 1.03 bits per heavy atom. The molecule has 0 spiro atoms. The van der Waals surface area contributed by atoms with Gasteiger partial charge in [-0.15, -0.1) is 0 Å². The van der Waals surface area contributed by atoms with E-state index in [0.29, 0.717) is 38.5 Å². The van der Waals surface area contributed by atoms with Gasteiger partial charge in [-0.1, -0.05) is 74.5 Å². The van der Waals surface area contributed by atoms with Crippen LogP contribution in [-0.2, 0) is 16.1 Å². The molecule has 2 N–H and O–H groups in total. The van der Waals surface area contributed by atoms with Crippen LogP contribution in [0.5, 0.6) is 0 Å². The molecule has 0 radical (unpaired) electrons. The molecule has 1 fully saturated rings. The number of alkyl carbamates (subject to hydrolysis) is 1. The lowest BCUT2D eigenvalue weighted by molar-refractivity contribution is -0.137. The van der Waals surface area contributed by atoms with Crippen LogP contribution in [0.3, 0.4) is 0 Å². The number of piperidine rings is 1. The van der Waals surface area contributed by atoms with Crippen molar-refractivity contribution in [3.63, 3.8) is 0 Å². The number of benzene rings is 2. The van der Waals surface area contributed by atoms with E-state index in [0.717, 1.165) is 5.56 Å². The first-order valence-corrected chi connectivity index (χ1v) is 12.7. The van der Waals surface area contributed by atoms with Crippen LogP contribution in [0.4, 0.5) is 4.79 Å². The molecule has 1 saturated heterocycles. The van der Waals surface area contributed by atoms with Crippen LogP contribution >= 0.6 is 0 Å². The molecule has 190 valence electrons. The second-order valence-electron chi connectivity index (χ2n) is 10.9. The maximum Gasteiger partial charge on any atom is 0.407 e. The number of carbonyl (C=O) groups is 2. The summed E-state index contributed by atoms with van der Waals surface area (Å²) in [6.45, 7) is 12.4. The summed E-state index contributed by atoms with van der Waals surface area (Å²) < 4.78 is 5.42. The molecule has 3 rings (SSSR count). The second kappa shape index (κ2) is 12.2. The van der Waals surface area contributed by atoms with Gasteiger partial charge in [-0.25, -0.2) is 4.79 Å². The minimum absolute atomic E-state index is 0.124. The molecule has 6 heteroatoms. The minimum Gasteiger partial charge on any atom is -0.444 e. The monoisotopic (exact) mass is 479 g/mol. The number of ether oxygens (including phenoxy) is 1. The number of amides is 2. The van der Waals surface area contributed by atoms with E-state index in [1.807, 2.05) is 49.9 Å². The maximum absolute atomic E-state index is 13.9. The smallest absolute Gasteiger partial charge is 0.407 e. The van der Waals surface area contributed by atoms with E-state index in [-0.39, 0.29) is 23.8 Å². The SMILES string of the molecule is CC(C)C(CN(Cc1ccccc1)C(=O)C1CNCC(NC(=O)OC(C)(C)C)C1)c1ccccc1. The summed E-state index contributed by atoms with van der Waals surface area (Å²) in [5.74, 6) is 0.528. The number of nitrogens with zero attached hydrogens (tertiary/aromatic N) is 1. The molecule has 2 amide bonds. The van der Waals surface area contributed by atoms with Crippen molar-refractivity contribution in [1.29, 1.82) is 0 Å². The summed E-state index contributed by atoms with van der Waals surface area (Å²) in [6, 6.07) is 20.5. The molecule has 1 aliphatic heterocycles. The molecule has 3 unspecified atom stereocenters. The van der Waals surface area contributed by atoms with Crippen LogP contribution in [0.25, 0.3) is 0 Å². The van der Waals surface area contributed by atoms with Gasteiger partial charge in [0.2, 0.25) is 5.91 Å². The molecule has 2 aromatic carbocycles. The lowest BCUT2D eigenvalue weighted by Gasteiger charge is -2.36. The first-order chi connectivity index (χ1) is 16.6. The highest BCUT2D eigenvalue weighted by Gasteiger charge is 2.33. The normalized spacial score (nSPS) is 19.1. The van der Waals surface area contributed by atoms with E-state index in [9.17, 15) is 9.59 Å². The van der Waals surface area contributed by atoms with Crippen molar-refractivity contribution >= 4 is 12.0 Å². The fourth-order valence-electron chi connectivity index (χ4n) is 4.65. The molecule has 35 heavy (non-hydrogen) atoms. The topological polar surface area (TPSA) is 70.7 Å². The highest BCUT2D eigenvalue weighted by Crippen LogP contribution is 2.28. The predicted molar refractivity (Wildman–Crippen MR) is 140 cm³/mol. The average Bonchev–Trinajstić information content (AvgIpc) is 2.81. The Balaban J connectivity index is 1.76. The number of nitrogens with one attached hydrogen (secondary N) is 2. The van der Waals surface area contributed by atoms with Gasteiger partial charge in [-0.3, -0.25) is 4.79 Å². The summed E-state index contributed by atoms with van der Waals surface area (Å²) in [7, 11) is 0. The van der Waals surface area contributed by atoms with Gasteiger partial charge in [0.05, 0.1) is 5.92 Å². The van der Waals surface area contributed by atoms with Crippen molar-refractivity contribution in [2.45, 2.75) is 65.1 Å². The first-order valence-electron chi connectivity index (χ1n) is 12.7. The van der Waals surface area contributed by atoms with E-state index >= 15 is 0 Å². The molecular formula is C29H41N3O3. The Kier molecular flexibility index (Phi) is 9.33. The maximum atomic E-state index is 13.9. The van der Waals surface area contributed by atoms with E-state index in [4.69, 9.17) is 4.74 Å². The van der Waals surface area contributed by atoms with Crippen LogP contribution < -0.4 is 10.6 Å². The van der Waals surface area contributed by atoms with E-state index in [2.05, 4.69) is 60.9 Å². The summed E-state index contributed by atoms with van der Waals surface area (Å²) >= 11 is 0. The van der Waals surface area contributed by atoms with Crippen molar-refractivity contribution in [2.24, 2.45) is 11.8 Å². The number of carbonyl (C=O) groups excluding carboxylic acids is 2. The molecule has 0 bridgehead atoms. The summed E-state index contributed by atoms with van der Waals surface area (Å²) in [4.78, 5) is 28.2. The first kappa shape index (κ1) is 26.7. The highest BCUT2D eigenvalue weighted by atomic mass is 16.6. The summed E-state index contributed by atoms with van der Waals surface area (Å²) in [6.07, 6.45) is 0.149. The largest absolute Gasteiger partial charge is 0.444 e. The third-order valence-electron chi connectivity index (χ3n) is 6.40. The zero-order valence-corrected chi connectivity index (χ0v) is 21.8. The molecule has 1 heterocycles. The van der Waals surface area contributed by atoms with E-state index in [1.54, 1.807) is 0 Å². The molecule has 3 atom stereocenters. The minimum atomic E-state index is -0.558. The number of hydrogen-bond donors (Lipinski definition) is 2. The third-order valence-corrected chi connectivity index (χ3v) is 6.40. The van der Waals surface area contributed by atoms with Crippen LogP contribution in [0, 0.1) is 11.8 Å². The van der Waals surface area contributed by atoms with Crippen molar-refractivity contribution in [3.05, 3.63) is 71.8 Å². The van der Waals surface area contributed by atoms with Gasteiger partial charge in [0.15, 0.2) is 0 Å². The Hall–Kier alpha value is -2.86. The molecule has 0 aliphatic carbocycles. The Morgan fingerprint density at radius 3 is 2.26 bits per heavy atom. The lowest BCUT2D eigenvalue weighted by atomic mass is 9.87. The quantitative estimate of drug-likeness (QED) is 0.562. The molecule has 1 aliphatic rings. The summed E-state index contributed by atoms with van der Waals surface area (Å²) in [5.41, 5.74) is 1.81. The van der Waals surface area contributed by atoms with E-state index in [1.165, 1.54) is 5.56 Å². The molecular weight excluding hydrogens is 438 g/mol. The zero-order chi connectivity index (χ0) is 25.4. The Labute approximate surface area is 210 Å². The van der Waals surface area contributed by atoms with E-state index < -0.39 is 11.7 Å². The van der Waals surface area contributed by atoms with Crippen molar-refractivity contribution in [2.75, 3.05) is 19.6 Å². The van der Waals surface area contributed by atoms with Gasteiger partial charge in [0, 0.05) is 38.1 Å². The van der Waals surface area contributed by atoms with Gasteiger partial charge in [-0.2, -0.15) is 0 Å². The third kappa shape index (κ3) is 8.39. The molecule has 6 nitrogen and oxygen atoms in total. The fourth-order valence-corrected chi connectivity index (χ4v) is 4.65. The predicted octanol–water partition coefficient (Wildman–Crippen LogP) is 4.96. The van der Waals surface area contributed by atoms with Crippen LogP contribution in [-0.4, -0.2) is 48.2 Å². The highest BCUT2D eigenvalue weighted by molar-refractivity contribution is 5.79. The Morgan fingerprint density at radius 2 is 1.66 bits per heavy atom. The van der Waals surface area contributed by atoms with Crippen LogP contribution in [0.2, 0.25) is 0 Å². The van der Waals surface area contributed by atoms with Crippen LogP contribution in [0.1, 0.15) is 58.1 Å².